The Morgan fingerprint density at radius 1 is 1.16 bits per heavy atom. The van der Waals surface area contributed by atoms with Gasteiger partial charge in [-0.1, -0.05) is 26.7 Å². The zero-order valence-electron chi connectivity index (χ0n) is 12.2. The molecule has 0 amide bonds. The second-order valence-electron chi connectivity index (χ2n) is 5.11. The quantitative estimate of drug-likeness (QED) is 0.603. The molecule has 0 saturated heterocycles. The predicted molar refractivity (Wildman–Crippen MR) is 78.6 cm³/mol. The SMILES string of the molecule is CCN(CC)CCOC(=O)C1(O)CCCCCC1.Cl. The average molecular weight is 294 g/mol. The fourth-order valence-electron chi connectivity index (χ4n) is 2.46. The predicted octanol–water partition coefficient (Wildman–Crippen LogP) is 2.38. The van der Waals surface area contributed by atoms with Crippen LogP contribution in [0.25, 0.3) is 0 Å². The Morgan fingerprint density at radius 2 is 1.68 bits per heavy atom. The van der Waals surface area contributed by atoms with Crippen molar-refractivity contribution in [3.05, 3.63) is 0 Å². The van der Waals surface area contributed by atoms with Crippen LogP contribution in [0.5, 0.6) is 0 Å². The van der Waals surface area contributed by atoms with Crippen LogP contribution in [0, 0.1) is 0 Å². The molecule has 19 heavy (non-hydrogen) atoms. The highest BCUT2D eigenvalue weighted by Gasteiger charge is 2.37. The van der Waals surface area contributed by atoms with Crippen molar-refractivity contribution in [1.29, 1.82) is 0 Å². The Balaban J connectivity index is 0.00000324. The van der Waals surface area contributed by atoms with Crippen molar-refractivity contribution in [1.82, 2.24) is 4.90 Å². The largest absolute Gasteiger partial charge is 0.462 e. The molecule has 1 rings (SSSR count). The Kier molecular flexibility index (Phi) is 9.40. The summed E-state index contributed by atoms with van der Waals surface area (Å²) >= 11 is 0. The van der Waals surface area contributed by atoms with Gasteiger partial charge in [-0.15, -0.1) is 12.4 Å². The number of nitrogens with zero attached hydrogens (tertiary/aromatic N) is 1. The first kappa shape index (κ1) is 18.7. The Morgan fingerprint density at radius 3 is 2.16 bits per heavy atom. The minimum atomic E-state index is -1.22. The van der Waals surface area contributed by atoms with Gasteiger partial charge in [-0.05, 0) is 38.8 Å². The van der Waals surface area contributed by atoms with Crippen LogP contribution in [0.1, 0.15) is 52.4 Å². The summed E-state index contributed by atoms with van der Waals surface area (Å²) in [6.07, 6.45) is 5.15. The van der Waals surface area contributed by atoms with E-state index in [-0.39, 0.29) is 12.4 Å². The van der Waals surface area contributed by atoms with Crippen LogP contribution in [-0.2, 0) is 9.53 Å². The maximum absolute atomic E-state index is 11.9. The third kappa shape index (κ3) is 6.11. The Hall–Kier alpha value is -0.320. The van der Waals surface area contributed by atoms with E-state index in [2.05, 4.69) is 18.7 Å². The third-order valence-electron chi connectivity index (χ3n) is 3.85. The first-order valence-electron chi connectivity index (χ1n) is 7.24. The number of halogens is 1. The summed E-state index contributed by atoms with van der Waals surface area (Å²) in [5.74, 6) is -0.420. The molecule has 0 bridgehead atoms. The van der Waals surface area contributed by atoms with Crippen LogP contribution < -0.4 is 0 Å². The zero-order valence-corrected chi connectivity index (χ0v) is 13.0. The monoisotopic (exact) mass is 293 g/mol. The highest BCUT2D eigenvalue weighted by molar-refractivity contribution is 5.85. The maximum atomic E-state index is 11.9. The van der Waals surface area contributed by atoms with Crippen LogP contribution in [0.15, 0.2) is 0 Å². The van der Waals surface area contributed by atoms with Gasteiger partial charge in [0.2, 0.25) is 0 Å². The topological polar surface area (TPSA) is 49.8 Å². The maximum Gasteiger partial charge on any atom is 0.338 e. The van der Waals surface area contributed by atoms with E-state index < -0.39 is 11.6 Å². The standard InChI is InChI=1S/C14H27NO3.ClH/c1-3-15(4-2)11-12-18-13(16)14(17)9-7-5-6-8-10-14;/h17H,3-12H2,1-2H3;1H. The third-order valence-corrected chi connectivity index (χ3v) is 3.85. The molecule has 0 radical (unpaired) electrons. The number of aliphatic hydroxyl groups is 1. The lowest BCUT2D eigenvalue weighted by Gasteiger charge is -2.25. The summed E-state index contributed by atoms with van der Waals surface area (Å²) in [6.45, 7) is 7.21. The number of rotatable bonds is 6. The first-order chi connectivity index (χ1) is 8.62. The van der Waals surface area contributed by atoms with Gasteiger partial charge in [-0.3, -0.25) is 0 Å². The van der Waals surface area contributed by atoms with Crippen LogP contribution >= 0.6 is 12.4 Å². The van der Waals surface area contributed by atoms with Crippen LogP contribution in [0.4, 0.5) is 0 Å². The lowest BCUT2D eigenvalue weighted by atomic mass is 9.95. The highest BCUT2D eigenvalue weighted by Crippen LogP contribution is 2.28. The number of likely N-dealkylation sites (N-methyl/N-ethyl adjacent to an activating group) is 1. The fraction of sp³-hybridized carbons (Fsp3) is 0.929. The van der Waals surface area contributed by atoms with Crippen LogP contribution in [0.3, 0.4) is 0 Å². The number of carbonyl (C=O) groups excluding carboxylic acids is 1. The lowest BCUT2D eigenvalue weighted by molar-refractivity contribution is -0.167. The van der Waals surface area contributed by atoms with Gasteiger partial charge >= 0.3 is 5.97 Å². The van der Waals surface area contributed by atoms with Crippen molar-refractivity contribution in [3.8, 4) is 0 Å². The van der Waals surface area contributed by atoms with Gasteiger partial charge in [0.1, 0.15) is 6.61 Å². The van der Waals surface area contributed by atoms with E-state index in [0.717, 1.165) is 45.3 Å². The normalized spacial score (nSPS) is 18.5. The van der Waals surface area contributed by atoms with Crippen molar-refractivity contribution in [2.24, 2.45) is 0 Å². The zero-order chi connectivity index (χ0) is 13.4. The molecule has 5 heteroatoms. The van der Waals surface area contributed by atoms with E-state index in [1.54, 1.807) is 0 Å². The first-order valence-corrected chi connectivity index (χ1v) is 7.24. The van der Waals surface area contributed by atoms with Crippen molar-refractivity contribution >= 4 is 18.4 Å². The van der Waals surface area contributed by atoms with Crippen LogP contribution in [-0.4, -0.2) is 47.8 Å². The number of ether oxygens (including phenoxy) is 1. The molecule has 0 aromatic carbocycles. The van der Waals surface area contributed by atoms with Crippen LogP contribution in [0.2, 0.25) is 0 Å². The van der Waals surface area contributed by atoms with Gasteiger partial charge in [-0.25, -0.2) is 4.79 Å². The summed E-state index contributed by atoms with van der Waals surface area (Å²) in [4.78, 5) is 14.1. The van der Waals surface area contributed by atoms with Gasteiger partial charge in [0, 0.05) is 6.54 Å². The highest BCUT2D eigenvalue weighted by atomic mass is 35.5. The molecule has 0 unspecified atom stereocenters. The van der Waals surface area contributed by atoms with E-state index in [4.69, 9.17) is 4.74 Å². The fourth-order valence-corrected chi connectivity index (χ4v) is 2.46. The summed E-state index contributed by atoms with van der Waals surface area (Å²) in [6, 6.07) is 0. The lowest BCUT2D eigenvalue weighted by Crippen LogP contribution is -2.40. The molecular formula is C14H28ClNO3. The minimum Gasteiger partial charge on any atom is -0.462 e. The summed E-state index contributed by atoms with van der Waals surface area (Å²) < 4.78 is 5.24. The van der Waals surface area contributed by atoms with Gasteiger partial charge in [0.05, 0.1) is 0 Å². The van der Waals surface area contributed by atoms with Crippen molar-refractivity contribution in [3.63, 3.8) is 0 Å². The minimum absolute atomic E-state index is 0. The van der Waals surface area contributed by atoms with Crippen molar-refractivity contribution in [2.75, 3.05) is 26.2 Å². The van der Waals surface area contributed by atoms with E-state index in [1.807, 2.05) is 0 Å². The summed E-state index contributed by atoms with van der Waals surface area (Å²) in [7, 11) is 0. The molecule has 1 aliphatic rings. The molecule has 1 aliphatic carbocycles. The molecule has 0 spiro atoms. The second kappa shape index (κ2) is 9.56. The molecule has 0 aromatic heterocycles. The number of esters is 1. The average Bonchev–Trinajstić information content (AvgIpc) is 2.60. The molecular weight excluding hydrogens is 266 g/mol. The van der Waals surface area contributed by atoms with E-state index in [9.17, 15) is 9.90 Å². The molecule has 1 saturated carbocycles. The number of carbonyl (C=O) groups is 1. The van der Waals surface area contributed by atoms with Gasteiger partial charge < -0.3 is 14.7 Å². The van der Waals surface area contributed by atoms with E-state index >= 15 is 0 Å². The van der Waals surface area contributed by atoms with Crippen molar-refractivity contribution < 1.29 is 14.6 Å². The molecule has 0 heterocycles. The van der Waals surface area contributed by atoms with E-state index in [0.29, 0.717) is 19.4 Å². The molecule has 4 nitrogen and oxygen atoms in total. The van der Waals surface area contributed by atoms with Gasteiger partial charge in [0.25, 0.3) is 0 Å². The molecule has 0 atom stereocenters. The molecule has 114 valence electrons. The number of hydrogen-bond donors (Lipinski definition) is 1. The Labute approximate surface area is 122 Å². The smallest absolute Gasteiger partial charge is 0.338 e. The molecule has 1 N–H and O–H groups in total. The second-order valence-corrected chi connectivity index (χ2v) is 5.11. The molecule has 1 fully saturated rings. The Bertz CT molecular complexity index is 249. The number of hydrogen-bond acceptors (Lipinski definition) is 4. The van der Waals surface area contributed by atoms with Gasteiger partial charge in [-0.2, -0.15) is 0 Å². The summed E-state index contributed by atoms with van der Waals surface area (Å²) in [5.41, 5.74) is -1.22. The van der Waals surface area contributed by atoms with Gasteiger partial charge in [0.15, 0.2) is 5.60 Å². The molecule has 0 aliphatic heterocycles. The summed E-state index contributed by atoms with van der Waals surface area (Å²) in [5, 5.41) is 10.3. The van der Waals surface area contributed by atoms with Crippen molar-refractivity contribution in [2.45, 2.75) is 58.0 Å². The molecule has 0 aromatic rings. The van der Waals surface area contributed by atoms with E-state index in [1.165, 1.54) is 0 Å².